The standard InChI is InChI=1S/C20H27NO3/c1-11(2)18-17(19(23)24)15(12-7-5-6-8-12)16-13(21-18)9-20(3,4)10-14(16)22/h5,7,11-12,14,22H,6,8-10H2,1-4H3,(H,23,24). The van der Waals surface area contributed by atoms with Crippen molar-refractivity contribution in [1.29, 1.82) is 0 Å². The van der Waals surface area contributed by atoms with Crippen LogP contribution in [0.15, 0.2) is 12.2 Å². The molecular weight excluding hydrogens is 302 g/mol. The molecule has 24 heavy (non-hydrogen) atoms. The largest absolute Gasteiger partial charge is 0.478 e. The first kappa shape index (κ1) is 17.2. The van der Waals surface area contributed by atoms with Gasteiger partial charge in [0.2, 0.25) is 0 Å². The Bertz CT molecular complexity index is 703. The van der Waals surface area contributed by atoms with Crippen molar-refractivity contribution in [3.63, 3.8) is 0 Å². The Kier molecular flexibility index (Phi) is 4.28. The summed E-state index contributed by atoms with van der Waals surface area (Å²) >= 11 is 0. The third-order valence-corrected chi connectivity index (χ3v) is 5.25. The lowest BCUT2D eigenvalue weighted by Gasteiger charge is -2.37. The van der Waals surface area contributed by atoms with Crippen LogP contribution >= 0.6 is 0 Å². The second-order valence-electron chi connectivity index (χ2n) is 8.28. The first-order valence-electron chi connectivity index (χ1n) is 8.86. The van der Waals surface area contributed by atoms with E-state index in [9.17, 15) is 15.0 Å². The van der Waals surface area contributed by atoms with Gasteiger partial charge in [-0.25, -0.2) is 4.79 Å². The average molecular weight is 329 g/mol. The molecule has 2 unspecified atom stereocenters. The van der Waals surface area contributed by atoms with E-state index in [-0.39, 0.29) is 17.3 Å². The number of hydrogen-bond acceptors (Lipinski definition) is 3. The van der Waals surface area contributed by atoms with E-state index in [1.54, 1.807) is 0 Å². The second-order valence-corrected chi connectivity index (χ2v) is 8.28. The van der Waals surface area contributed by atoms with Crippen molar-refractivity contribution < 1.29 is 15.0 Å². The van der Waals surface area contributed by atoms with Gasteiger partial charge >= 0.3 is 5.97 Å². The summed E-state index contributed by atoms with van der Waals surface area (Å²) in [4.78, 5) is 16.8. The lowest BCUT2D eigenvalue weighted by molar-refractivity contribution is 0.0690. The number of nitrogens with zero attached hydrogens (tertiary/aromatic N) is 1. The van der Waals surface area contributed by atoms with Crippen LogP contribution in [0.25, 0.3) is 0 Å². The number of pyridine rings is 1. The van der Waals surface area contributed by atoms with E-state index >= 15 is 0 Å². The molecule has 0 aromatic carbocycles. The summed E-state index contributed by atoms with van der Waals surface area (Å²) < 4.78 is 0. The lowest BCUT2D eigenvalue weighted by Crippen LogP contribution is -2.30. The predicted octanol–water partition coefficient (Wildman–Crippen LogP) is 4.34. The number of aliphatic hydroxyl groups excluding tert-OH is 1. The van der Waals surface area contributed by atoms with Crippen molar-refractivity contribution in [2.45, 2.75) is 71.3 Å². The van der Waals surface area contributed by atoms with Crippen LogP contribution in [0, 0.1) is 5.41 Å². The quantitative estimate of drug-likeness (QED) is 0.809. The third-order valence-electron chi connectivity index (χ3n) is 5.25. The number of fused-ring (bicyclic) bond motifs is 1. The molecule has 0 radical (unpaired) electrons. The van der Waals surface area contributed by atoms with Gasteiger partial charge in [0.05, 0.1) is 17.4 Å². The molecule has 1 heterocycles. The molecule has 4 nitrogen and oxygen atoms in total. The van der Waals surface area contributed by atoms with Crippen molar-refractivity contribution in [1.82, 2.24) is 4.98 Å². The van der Waals surface area contributed by atoms with Gasteiger partial charge in [0, 0.05) is 17.2 Å². The van der Waals surface area contributed by atoms with Gasteiger partial charge in [0.15, 0.2) is 0 Å². The van der Waals surface area contributed by atoms with Crippen molar-refractivity contribution >= 4 is 5.97 Å². The topological polar surface area (TPSA) is 70.4 Å². The summed E-state index contributed by atoms with van der Waals surface area (Å²) in [6.45, 7) is 8.24. The predicted molar refractivity (Wildman–Crippen MR) is 93.5 cm³/mol. The van der Waals surface area contributed by atoms with E-state index in [1.165, 1.54) is 0 Å². The van der Waals surface area contributed by atoms with Gasteiger partial charge in [-0.2, -0.15) is 0 Å². The second kappa shape index (κ2) is 5.99. The number of aliphatic hydroxyl groups is 1. The Hall–Kier alpha value is -1.68. The van der Waals surface area contributed by atoms with Gasteiger partial charge in [-0.05, 0) is 42.6 Å². The van der Waals surface area contributed by atoms with Crippen molar-refractivity contribution in [3.8, 4) is 0 Å². The summed E-state index contributed by atoms with van der Waals surface area (Å²) in [6, 6.07) is 0. The summed E-state index contributed by atoms with van der Waals surface area (Å²) in [5.74, 6) is -0.824. The molecule has 1 aromatic heterocycles. The fourth-order valence-corrected chi connectivity index (χ4v) is 4.25. The maximum absolute atomic E-state index is 12.1. The zero-order valence-corrected chi connectivity index (χ0v) is 15.0. The fourth-order valence-electron chi connectivity index (χ4n) is 4.25. The Labute approximate surface area is 143 Å². The summed E-state index contributed by atoms with van der Waals surface area (Å²) in [7, 11) is 0. The fraction of sp³-hybridized carbons (Fsp3) is 0.600. The number of aromatic carboxylic acids is 1. The van der Waals surface area contributed by atoms with Crippen LogP contribution in [0.3, 0.4) is 0 Å². The van der Waals surface area contributed by atoms with Gasteiger partial charge in [-0.1, -0.05) is 39.8 Å². The molecule has 4 heteroatoms. The zero-order chi connectivity index (χ0) is 17.6. The number of allylic oxidation sites excluding steroid dienone is 2. The molecule has 2 aliphatic rings. The SMILES string of the molecule is CC(C)c1nc2c(c(C3C=CCC3)c1C(=O)O)C(O)CC(C)(C)C2. The highest BCUT2D eigenvalue weighted by molar-refractivity contribution is 5.92. The molecule has 0 aliphatic heterocycles. The summed E-state index contributed by atoms with van der Waals surface area (Å²) in [5, 5.41) is 20.7. The molecule has 0 spiro atoms. The van der Waals surface area contributed by atoms with Crippen LogP contribution in [0.2, 0.25) is 0 Å². The van der Waals surface area contributed by atoms with Crippen molar-refractivity contribution in [2.24, 2.45) is 5.41 Å². The van der Waals surface area contributed by atoms with E-state index in [1.807, 2.05) is 13.8 Å². The molecule has 2 aliphatic carbocycles. The van der Waals surface area contributed by atoms with Gasteiger partial charge < -0.3 is 10.2 Å². The Morgan fingerprint density at radius 3 is 2.58 bits per heavy atom. The van der Waals surface area contributed by atoms with Crippen LogP contribution < -0.4 is 0 Å². The summed E-state index contributed by atoms with van der Waals surface area (Å²) in [6.07, 6.45) is 6.85. The number of carboxylic acids is 1. The summed E-state index contributed by atoms with van der Waals surface area (Å²) in [5.41, 5.74) is 3.44. The van der Waals surface area contributed by atoms with Gasteiger partial charge in [-0.15, -0.1) is 0 Å². The maximum Gasteiger partial charge on any atom is 0.337 e. The molecule has 2 N–H and O–H groups in total. The van der Waals surface area contributed by atoms with Crippen LogP contribution in [-0.2, 0) is 6.42 Å². The molecule has 2 atom stereocenters. The van der Waals surface area contributed by atoms with E-state index in [2.05, 4.69) is 26.0 Å². The van der Waals surface area contributed by atoms with Crippen LogP contribution in [0.1, 0.15) is 97.8 Å². The Morgan fingerprint density at radius 1 is 1.33 bits per heavy atom. The zero-order valence-electron chi connectivity index (χ0n) is 15.0. The van der Waals surface area contributed by atoms with Crippen LogP contribution in [-0.4, -0.2) is 21.2 Å². The Balaban J connectivity index is 2.32. The minimum Gasteiger partial charge on any atom is -0.478 e. The molecule has 3 rings (SSSR count). The van der Waals surface area contributed by atoms with Crippen LogP contribution in [0.4, 0.5) is 0 Å². The van der Waals surface area contributed by atoms with Crippen LogP contribution in [0.5, 0.6) is 0 Å². The highest BCUT2D eigenvalue weighted by Gasteiger charge is 2.38. The van der Waals surface area contributed by atoms with Crippen molar-refractivity contribution in [2.75, 3.05) is 0 Å². The highest BCUT2D eigenvalue weighted by Crippen LogP contribution is 2.46. The van der Waals surface area contributed by atoms with E-state index in [0.717, 1.165) is 36.1 Å². The smallest absolute Gasteiger partial charge is 0.337 e. The van der Waals surface area contributed by atoms with E-state index < -0.39 is 12.1 Å². The molecule has 130 valence electrons. The van der Waals surface area contributed by atoms with Crippen molar-refractivity contribution in [3.05, 3.63) is 40.2 Å². The Morgan fingerprint density at radius 2 is 2.04 bits per heavy atom. The number of hydrogen-bond donors (Lipinski definition) is 2. The highest BCUT2D eigenvalue weighted by atomic mass is 16.4. The molecule has 0 saturated heterocycles. The minimum absolute atomic E-state index is 0.0266. The number of carboxylic acid groups (broad SMARTS) is 1. The number of rotatable bonds is 3. The van der Waals surface area contributed by atoms with E-state index in [0.29, 0.717) is 17.7 Å². The normalized spacial score (nSPS) is 25.1. The number of aromatic nitrogens is 1. The molecule has 0 fully saturated rings. The van der Waals surface area contributed by atoms with Gasteiger partial charge in [0.25, 0.3) is 0 Å². The monoisotopic (exact) mass is 329 g/mol. The lowest BCUT2D eigenvalue weighted by atomic mass is 9.71. The molecule has 0 amide bonds. The minimum atomic E-state index is -0.929. The maximum atomic E-state index is 12.1. The molecular formula is C20H27NO3. The first-order valence-corrected chi connectivity index (χ1v) is 8.86. The van der Waals surface area contributed by atoms with Gasteiger partial charge in [0.1, 0.15) is 0 Å². The van der Waals surface area contributed by atoms with E-state index in [4.69, 9.17) is 4.98 Å². The molecule has 0 saturated carbocycles. The average Bonchev–Trinajstić information content (AvgIpc) is 2.97. The molecule has 0 bridgehead atoms. The van der Waals surface area contributed by atoms with Gasteiger partial charge in [-0.3, -0.25) is 4.98 Å². The first-order chi connectivity index (χ1) is 11.2. The molecule has 1 aromatic rings. The third kappa shape index (κ3) is 2.88. The number of carbonyl (C=O) groups is 1.